The maximum absolute atomic E-state index is 13.6. The molecule has 19 heavy (non-hydrogen) atoms. The molecular weight excluding hydrogens is 361 g/mol. The van der Waals surface area contributed by atoms with Crippen LogP contribution in [0.2, 0.25) is 0 Å². The van der Waals surface area contributed by atoms with Crippen LogP contribution in [0, 0.1) is 5.82 Å². The van der Waals surface area contributed by atoms with Crippen LogP contribution in [-0.2, 0) is 9.05 Å². The summed E-state index contributed by atoms with van der Waals surface area (Å²) in [4.78, 5) is 11.4. The summed E-state index contributed by atoms with van der Waals surface area (Å²) in [5.41, 5.74) is -0.0970. The number of carbonyl (C=O) groups is 1. The number of carbonyl (C=O) groups excluding carboxylic acids is 1. The van der Waals surface area contributed by atoms with E-state index in [-0.39, 0.29) is 16.1 Å². The minimum Gasteiger partial charge on any atom is -0.350 e. The molecule has 4 nitrogen and oxygen atoms in total. The van der Waals surface area contributed by atoms with Crippen molar-refractivity contribution in [2.45, 2.75) is 31.2 Å². The summed E-state index contributed by atoms with van der Waals surface area (Å²) in [5.74, 6) is -1.42. The predicted octanol–water partition coefficient (Wildman–Crippen LogP) is 3.04. The number of amides is 1. The second-order valence-electron chi connectivity index (χ2n) is 3.99. The summed E-state index contributed by atoms with van der Waals surface area (Å²) in [5, 5.41) is 2.61. The largest absolute Gasteiger partial charge is 0.350 e. The molecule has 0 radical (unpaired) electrons. The number of benzene rings is 1. The highest BCUT2D eigenvalue weighted by Gasteiger charge is 2.21. The predicted molar refractivity (Wildman–Crippen MR) is 74.4 cm³/mol. The molecule has 0 fully saturated rings. The highest BCUT2D eigenvalue weighted by Crippen LogP contribution is 2.29. The van der Waals surface area contributed by atoms with Crippen molar-refractivity contribution in [3.63, 3.8) is 0 Å². The van der Waals surface area contributed by atoms with Crippen molar-refractivity contribution in [1.29, 1.82) is 0 Å². The third-order valence-electron chi connectivity index (χ3n) is 2.51. The third kappa shape index (κ3) is 4.15. The molecule has 1 unspecified atom stereocenters. The van der Waals surface area contributed by atoms with Crippen LogP contribution in [0.4, 0.5) is 4.39 Å². The maximum Gasteiger partial charge on any atom is 0.262 e. The van der Waals surface area contributed by atoms with Gasteiger partial charge in [0.05, 0.1) is 4.47 Å². The fourth-order valence-electron chi connectivity index (χ4n) is 1.28. The van der Waals surface area contributed by atoms with Crippen molar-refractivity contribution in [3.8, 4) is 0 Å². The van der Waals surface area contributed by atoms with Gasteiger partial charge in [-0.05, 0) is 41.4 Å². The van der Waals surface area contributed by atoms with Crippen LogP contribution >= 0.6 is 26.6 Å². The van der Waals surface area contributed by atoms with Crippen LogP contribution in [0.1, 0.15) is 30.6 Å². The van der Waals surface area contributed by atoms with E-state index in [0.29, 0.717) is 6.42 Å². The maximum atomic E-state index is 13.6. The van der Waals surface area contributed by atoms with Crippen LogP contribution < -0.4 is 5.32 Å². The molecule has 1 N–H and O–H groups in total. The summed E-state index contributed by atoms with van der Waals surface area (Å²) in [6.07, 6.45) is 0.700. The van der Waals surface area contributed by atoms with E-state index in [1.165, 1.54) is 0 Å². The van der Waals surface area contributed by atoms with Crippen LogP contribution in [-0.4, -0.2) is 20.4 Å². The third-order valence-corrected chi connectivity index (χ3v) is 4.92. The van der Waals surface area contributed by atoms with Gasteiger partial charge in [-0.25, -0.2) is 12.8 Å². The van der Waals surface area contributed by atoms with Gasteiger partial charge in [0.15, 0.2) is 0 Å². The first kappa shape index (κ1) is 16.4. The molecule has 0 aliphatic rings. The monoisotopic (exact) mass is 371 g/mol. The van der Waals surface area contributed by atoms with Crippen LogP contribution in [0.25, 0.3) is 0 Å². The summed E-state index contributed by atoms with van der Waals surface area (Å²) >= 11 is 2.79. The molecule has 1 rings (SSSR count). The van der Waals surface area contributed by atoms with E-state index in [1.54, 1.807) is 6.92 Å². The molecule has 0 aliphatic heterocycles. The molecule has 0 bridgehead atoms. The van der Waals surface area contributed by atoms with E-state index in [4.69, 9.17) is 10.7 Å². The smallest absolute Gasteiger partial charge is 0.262 e. The quantitative estimate of drug-likeness (QED) is 0.826. The van der Waals surface area contributed by atoms with Gasteiger partial charge in [0.2, 0.25) is 0 Å². The lowest BCUT2D eigenvalue weighted by Gasteiger charge is -2.12. The van der Waals surface area contributed by atoms with Crippen molar-refractivity contribution in [1.82, 2.24) is 5.32 Å². The Morgan fingerprint density at radius 3 is 2.58 bits per heavy atom. The molecule has 0 saturated heterocycles. The average Bonchev–Trinajstić information content (AvgIpc) is 2.30. The zero-order valence-corrected chi connectivity index (χ0v) is 13.4. The Morgan fingerprint density at radius 2 is 2.11 bits per heavy atom. The van der Waals surface area contributed by atoms with Gasteiger partial charge < -0.3 is 5.32 Å². The minimum atomic E-state index is -4.14. The lowest BCUT2D eigenvalue weighted by molar-refractivity contribution is 0.0938. The highest BCUT2D eigenvalue weighted by molar-refractivity contribution is 9.10. The fourth-order valence-corrected chi connectivity index (χ4v) is 3.37. The van der Waals surface area contributed by atoms with E-state index in [0.717, 1.165) is 12.1 Å². The van der Waals surface area contributed by atoms with Gasteiger partial charge in [-0.2, -0.15) is 0 Å². The molecule has 1 amide bonds. The van der Waals surface area contributed by atoms with Gasteiger partial charge >= 0.3 is 0 Å². The van der Waals surface area contributed by atoms with Gasteiger partial charge in [0.25, 0.3) is 15.0 Å². The van der Waals surface area contributed by atoms with Crippen LogP contribution in [0.15, 0.2) is 21.5 Å². The SMILES string of the molecule is CCC(C)NC(=O)c1cc(F)c(Br)c(S(=O)(=O)Cl)c1. The van der Waals surface area contributed by atoms with Gasteiger partial charge in [-0.15, -0.1) is 0 Å². The molecule has 0 aromatic heterocycles. The molecule has 1 atom stereocenters. The average molecular weight is 373 g/mol. The molecule has 0 saturated carbocycles. The lowest BCUT2D eigenvalue weighted by Crippen LogP contribution is -2.32. The van der Waals surface area contributed by atoms with Crippen molar-refractivity contribution in [2.24, 2.45) is 0 Å². The molecule has 1 aromatic rings. The number of hydrogen-bond donors (Lipinski definition) is 1. The van der Waals surface area contributed by atoms with Gasteiger partial charge in [-0.3, -0.25) is 4.79 Å². The summed E-state index contributed by atoms with van der Waals surface area (Å²) in [6, 6.07) is 1.89. The van der Waals surface area contributed by atoms with E-state index in [1.807, 2.05) is 6.92 Å². The van der Waals surface area contributed by atoms with Crippen molar-refractivity contribution in [3.05, 3.63) is 28.0 Å². The Labute approximate surface area is 123 Å². The Bertz CT molecular complexity index is 606. The molecule has 0 heterocycles. The summed E-state index contributed by atoms with van der Waals surface area (Å²) in [7, 11) is 1.05. The fraction of sp³-hybridized carbons (Fsp3) is 0.364. The van der Waals surface area contributed by atoms with Gasteiger partial charge in [-0.1, -0.05) is 6.92 Å². The lowest BCUT2D eigenvalue weighted by atomic mass is 10.2. The van der Waals surface area contributed by atoms with Crippen LogP contribution in [0.3, 0.4) is 0 Å². The van der Waals surface area contributed by atoms with E-state index in [2.05, 4.69) is 21.2 Å². The number of rotatable bonds is 4. The summed E-state index contributed by atoms with van der Waals surface area (Å²) < 4.78 is 35.9. The number of halogens is 3. The van der Waals surface area contributed by atoms with Crippen LogP contribution in [0.5, 0.6) is 0 Å². The normalized spacial score (nSPS) is 13.1. The molecule has 0 spiro atoms. The van der Waals surface area contributed by atoms with E-state index >= 15 is 0 Å². The Balaban J connectivity index is 3.25. The zero-order chi connectivity index (χ0) is 14.8. The van der Waals surface area contributed by atoms with Crippen molar-refractivity contribution < 1.29 is 17.6 Å². The Morgan fingerprint density at radius 1 is 1.53 bits per heavy atom. The topological polar surface area (TPSA) is 63.2 Å². The second kappa shape index (κ2) is 6.19. The molecular formula is C11H12BrClFNO3S. The Kier molecular flexibility index (Phi) is 5.34. The first-order valence-electron chi connectivity index (χ1n) is 5.41. The first-order valence-corrected chi connectivity index (χ1v) is 8.51. The van der Waals surface area contributed by atoms with E-state index < -0.39 is 25.7 Å². The van der Waals surface area contributed by atoms with Crippen molar-refractivity contribution >= 4 is 41.6 Å². The minimum absolute atomic E-state index is 0.0970. The van der Waals surface area contributed by atoms with Crippen molar-refractivity contribution in [2.75, 3.05) is 0 Å². The molecule has 0 aliphatic carbocycles. The number of hydrogen-bond acceptors (Lipinski definition) is 3. The van der Waals surface area contributed by atoms with Gasteiger partial charge in [0.1, 0.15) is 10.7 Å². The highest BCUT2D eigenvalue weighted by atomic mass is 79.9. The Hall–Kier alpha value is -0.660. The first-order chi connectivity index (χ1) is 8.66. The standard InChI is InChI=1S/C11H12BrClFNO3S/c1-3-6(2)15-11(16)7-4-8(14)10(12)9(5-7)19(13,17)18/h4-6H,3H2,1-2H3,(H,15,16). The molecule has 1 aromatic carbocycles. The summed E-state index contributed by atoms with van der Waals surface area (Å²) in [6.45, 7) is 3.66. The van der Waals surface area contributed by atoms with Gasteiger partial charge in [0, 0.05) is 22.3 Å². The zero-order valence-electron chi connectivity index (χ0n) is 10.2. The second-order valence-corrected chi connectivity index (χ2v) is 7.32. The molecule has 106 valence electrons. The number of nitrogens with one attached hydrogen (secondary N) is 1. The van der Waals surface area contributed by atoms with E-state index in [9.17, 15) is 17.6 Å². The molecule has 8 heteroatoms.